The Morgan fingerprint density at radius 3 is 2.56 bits per heavy atom. The van der Waals surface area contributed by atoms with Crippen molar-refractivity contribution in [3.63, 3.8) is 0 Å². The van der Waals surface area contributed by atoms with Gasteiger partial charge in [-0.3, -0.25) is 4.98 Å². The number of rotatable bonds is 5. The molecule has 0 radical (unpaired) electrons. The molecule has 0 spiro atoms. The van der Waals surface area contributed by atoms with E-state index < -0.39 is 5.60 Å². The van der Waals surface area contributed by atoms with Crippen LogP contribution in [0.1, 0.15) is 26.2 Å². The lowest BCUT2D eigenvalue weighted by Crippen LogP contribution is -2.43. The van der Waals surface area contributed by atoms with Gasteiger partial charge in [-0.1, -0.05) is 0 Å². The van der Waals surface area contributed by atoms with Crippen LogP contribution in [0.25, 0.3) is 0 Å². The van der Waals surface area contributed by atoms with E-state index in [9.17, 15) is 5.11 Å². The topological polar surface area (TPSA) is 57.2 Å². The molecule has 1 fully saturated rings. The first-order valence-corrected chi connectivity index (χ1v) is 5.87. The van der Waals surface area contributed by atoms with Crippen LogP contribution in [0.4, 0.5) is 11.4 Å². The van der Waals surface area contributed by atoms with Gasteiger partial charge in [-0.05, 0) is 32.3 Å². The van der Waals surface area contributed by atoms with Crippen molar-refractivity contribution in [2.45, 2.75) is 31.8 Å². The smallest absolute Gasteiger partial charge is 0.0819 e. The normalized spacial score (nSPS) is 17.6. The number of hydrogen-bond donors (Lipinski definition) is 3. The fourth-order valence-electron chi connectivity index (χ4n) is 1.87. The average molecular weight is 221 g/mol. The summed E-state index contributed by atoms with van der Waals surface area (Å²) in [5.41, 5.74) is 1.47. The molecular weight excluding hydrogens is 202 g/mol. The lowest BCUT2D eigenvalue weighted by atomic mass is 9.80. The van der Waals surface area contributed by atoms with Gasteiger partial charge in [-0.25, -0.2) is 0 Å². The van der Waals surface area contributed by atoms with E-state index >= 15 is 0 Å². The molecule has 0 aromatic carbocycles. The molecule has 0 amide bonds. The van der Waals surface area contributed by atoms with E-state index in [-0.39, 0.29) is 0 Å². The molecule has 1 saturated carbocycles. The van der Waals surface area contributed by atoms with Gasteiger partial charge >= 0.3 is 0 Å². The minimum atomic E-state index is -0.492. The van der Waals surface area contributed by atoms with Crippen molar-refractivity contribution < 1.29 is 5.11 Å². The lowest BCUT2D eigenvalue weighted by Gasteiger charge is -2.36. The first-order chi connectivity index (χ1) is 7.72. The molecule has 16 heavy (non-hydrogen) atoms. The highest BCUT2D eigenvalue weighted by Gasteiger charge is 2.33. The maximum atomic E-state index is 9.95. The van der Waals surface area contributed by atoms with Crippen molar-refractivity contribution in [2.24, 2.45) is 0 Å². The molecule has 0 saturated heterocycles. The molecule has 0 bridgehead atoms. The highest BCUT2D eigenvalue weighted by molar-refractivity contribution is 5.54. The minimum absolute atomic E-state index is 0.492. The Balaban J connectivity index is 1.90. The molecular formula is C12H19N3O. The average Bonchev–Trinajstić information content (AvgIpc) is 2.25. The van der Waals surface area contributed by atoms with E-state index in [4.69, 9.17) is 0 Å². The molecule has 1 aromatic heterocycles. The SMILES string of the molecule is CCNc1cncc(NCC2(O)CCC2)c1. The summed E-state index contributed by atoms with van der Waals surface area (Å²) in [5.74, 6) is 0. The molecule has 1 aliphatic carbocycles. The molecule has 4 nitrogen and oxygen atoms in total. The van der Waals surface area contributed by atoms with Gasteiger partial charge < -0.3 is 15.7 Å². The zero-order valence-electron chi connectivity index (χ0n) is 9.66. The minimum Gasteiger partial charge on any atom is -0.388 e. The second-order valence-electron chi connectivity index (χ2n) is 4.42. The van der Waals surface area contributed by atoms with Crippen LogP contribution in [0, 0.1) is 0 Å². The lowest BCUT2D eigenvalue weighted by molar-refractivity contribution is -0.0202. The van der Waals surface area contributed by atoms with Crippen molar-refractivity contribution in [3.8, 4) is 0 Å². The van der Waals surface area contributed by atoms with Gasteiger partial charge in [0.25, 0.3) is 0 Å². The maximum Gasteiger partial charge on any atom is 0.0819 e. The maximum absolute atomic E-state index is 9.95. The van der Waals surface area contributed by atoms with Gasteiger partial charge in [0.1, 0.15) is 0 Å². The van der Waals surface area contributed by atoms with Crippen LogP contribution in [0.15, 0.2) is 18.5 Å². The van der Waals surface area contributed by atoms with E-state index in [2.05, 4.69) is 22.5 Å². The summed E-state index contributed by atoms with van der Waals surface area (Å²) in [6.45, 7) is 3.55. The Morgan fingerprint density at radius 1 is 1.31 bits per heavy atom. The third-order valence-electron chi connectivity index (χ3n) is 3.02. The van der Waals surface area contributed by atoms with Gasteiger partial charge in [0, 0.05) is 13.1 Å². The molecule has 0 unspecified atom stereocenters. The molecule has 0 aliphatic heterocycles. The number of aliphatic hydroxyl groups is 1. The largest absolute Gasteiger partial charge is 0.388 e. The molecule has 0 atom stereocenters. The summed E-state index contributed by atoms with van der Waals surface area (Å²) in [6.07, 6.45) is 6.52. The number of nitrogens with zero attached hydrogens (tertiary/aromatic N) is 1. The van der Waals surface area contributed by atoms with Crippen LogP contribution in [-0.4, -0.2) is 28.8 Å². The van der Waals surface area contributed by atoms with Gasteiger partial charge in [-0.2, -0.15) is 0 Å². The van der Waals surface area contributed by atoms with Crippen LogP contribution in [0.2, 0.25) is 0 Å². The number of nitrogens with one attached hydrogen (secondary N) is 2. The van der Waals surface area contributed by atoms with Gasteiger partial charge in [0.15, 0.2) is 0 Å². The Morgan fingerprint density at radius 2 is 2.00 bits per heavy atom. The Bertz CT molecular complexity index is 350. The summed E-state index contributed by atoms with van der Waals surface area (Å²) >= 11 is 0. The van der Waals surface area contributed by atoms with Crippen molar-refractivity contribution in [1.29, 1.82) is 0 Å². The van der Waals surface area contributed by atoms with Crippen LogP contribution in [0.5, 0.6) is 0 Å². The number of hydrogen-bond acceptors (Lipinski definition) is 4. The van der Waals surface area contributed by atoms with Gasteiger partial charge in [0.05, 0.1) is 29.4 Å². The second-order valence-corrected chi connectivity index (χ2v) is 4.42. The number of pyridine rings is 1. The van der Waals surface area contributed by atoms with E-state index in [1.54, 1.807) is 12.4 Å². The molecule has 88 valence electrons. The van der Waals surface area contributed by atoms with E-state index in [0.29, 0.717) is 6.54 Å². The molecule has 4 heteroatoms. The summed E-state index contributed by atoms with van der Waals surface area (Å²) in [7, 11) is 0. The van der Waals surface area contributed by atoms with Crippen molar-refractivity contribution in [3.05, 3.63) is 18.5 Å². The van der Waals surface area contributed by atoms with Crippen LogP contribution >= 0.6 is 0 Å². The Hall–Kier alpha value is -1.29. The number of aromatic nitrogens is 1. The van der Waals surface area contributed by atoms with E-state index in [1.807, 2.05) is 6.07 Å². The highest BCUT2D eigenvalue weighted by atomic mass is 16.3. The fourth-order valence-corrected chi connectivity index (χ4v) is 1.87. The highest BCUT2D eigenvalue weighted by Crippen LogP contribution is 2.31. The van der Waals surface area contributed by atoms with E-state index in [1.165, 1.54) is 0 Å². The summed E-state index contributed by atoms with van der Waals surface area (Å²) in [5, 5.41) is 16.4. The standard InChI is InChI=1S/C12H19N3O/c1-2-14-10-6-11(8-13-7-10)15-9-12(16)4-3-5-12/h6-8,14-16H,2-5,9H2,1H3. The summed E-state index contributed by atoms with van der Waals surface area (Å²) < 4.78 is 0. The monoisotopic (exact) mass is 221 g/mol. The zero-order valence-corrected chi connectivity index (χ0v) is 9.66. The van der Waals surface area contributed by atoms with Crippen LogP contribution in [0.3, 0.4) is 0 Å². The molecule has 2 rings (SSSR count). The predicted molar refractivity (Wildman–Crippen MR) is 65.7 cm³/mol. The van der Waals surface area contributed by atoms with E-state index in [0.717, 1.165) is 37.2 Å². The van der Waals surface area contributed by atoms with Crippen molar-refractivity contribution >= 4 is 11.4 Å². The van der Waals surface area contributed by atoms with Gasteiger partial charge in [0.2, 0.25) is 0 Å². The Labute approximate surface area is 96.1 Å². The quantitative estimate of drug-likeness (QED) is 0.710. The fraction of sp³-hybridized carbons (Fsp3) is 0.583. The first kappa shape index (κ1) is 11.2. The van der Waals surface area contributed by atoms with Crippen LogP contribution < -0.4 is 10.6 Å². The zero-order chi connectivity index (χ0) is 11.4. The van der Waals surface area contributed by atoms with Gasteiger partial charge in [-0.15, -0.1) is 0 Å². The van der Waals surface area contributed by atoms with Crippen LogP contribution in [-0.2, 0) is 0 Å². The molecule has 1 aliphatic rings. The molecule has 1 aromatic rings. The van der Waals surface area contributed by atoms with Crippen molar-refractivity contribution in [2.75, 3.05) is 23.7 Å². The second kappa shape index (κ2) is 4.70. The predicted octanol–water partition coefficient (Wildman–Crippen LogP) is 1.84. The third-order valence-corrected chi connectivity index (χ3v) is 3.02. The molecule has 3 N–H and O–H groups in total. The Kier molecular flexibility index (Phi) is 3.29. The number of anilines is 2. The first-order valence-electron chi connectivity index (χ1n) is 5.87. The molecule has 1 heterocycles. The third kappa shape index (κ3) is 2.64. The summed E-state index contributed by atoms with van der Waals surface area (Å²) in [4.78, 5) is 4.14. The van der Waals surface area contributed by atoms with Crippen molar-refractivity contribution in [1.82, 2.24) is 4.98 Å². The summed E-state index contributed by atoms with van der Waals surface area (Å²) in [6, 6.07) is 2.01.